The number of esters is 1. The van der Waals surface area contributed by atoms with Crippen LogP contribution in [0.1, 0.15) is 52.9 Å². The summed E-state index contributed by atoms with van der Waals surface area (Å²) in [5.41, 5.74) is 0.965. The maximum Gasteiger partial charge on any atom is 0.306 e. The third kappa shape index (κ3) is 3.48. The van der Waals surface area contributed by atoms with E-state index in [0.717, 1.165) is 19.3 Å². The molecule has 3 atom stereocenters. The van der Waals surface area contributed by atoms with E-state index < -0.39 is 0 Å². The van der Waals surface area contributed by atoms with Crippen molar-refractivity contribution in [1.29, 1.82) is 0 Å². The highest BCUT2D eigenvalue weighted by atomic mass is 16.6. The van der Waals surface area contributed by atoms with Gasteiger partial charge in [0.05, 0.1) is 13.0 Å². The molecule has 4 nitrogen and oxygen atoms in total. The van der Waals surface area contributed by atoms with Crippen LogP contribution in [-0.2, 0) is 19.1 Å². The Labute approximate surface area is 120 Å². The topological polar surface area (TPSA) is 55.9 Å². The highest BCUT2D eigenvalue weighted by Crippen LogP contribution is 2.43. The molecule has 0 spiro atoms. The number of carbonyl (C=O) groups is 2. The van der Waals surface area contributed by atoms with E-state index in [2.05, 4.69) is 13.0 Å². The normalized spacial score (nSPS) is 36.5. The third-order valence-electron chi connectivity index (χ3n) is 4.28. The smallest absolute Gasteiger partial charge is 0.306 e. The van der Waals surface area contributed by atoms with Gasteiger partial charge in [-0.1, -0.05) is 11.6 Å². The number of hydrogen-bond donors (Lipinski definition) is 0. The number of ether oxygens (including phenoxy) is 2. The van der Waals surface area contributed by atoms with Gasteiger partial charge in [0, 0.05) is 5.92 Å². The van der Waals surface area contributed by atoms with Crippen LogP contribution >= 0.6 is 0 Å². The van der Waals surface area contributed by atoms with Crippen molar-refractivity contribution in [3.05, 3.63) is 11.6 Å². The summed E-state index contributed by atoms with van der Waals surface area (Å²) in [6.07, 6.45) is 5.46. The second-order valence-corrected chi connectivity index (χ2v) is 6.05. The summed E-state index contributed by atoms with van der Waals surface area (Å²) < 4.78 is 10.6. The lowest BCUT2D eigenvalue weighted by molar-refractivity contribution is -0.146. The maximum atomic E-state index is 12.5. The van der Waals surface area contributed by atoms with Crippen LogP contribution in [0.25, 0.3) is 0 Å². The largest absolute Gasteiger partial charge is 0.466 e. The van der Waals surface area contributed by atoms with Gasteiger partial charge in [-0.25, -0.2) is 0 Å². The number of rotatable bonds is 3. The van der Waals surface area contributed by atoms with E-state index in [0.29, 0.717) is 13.0 Å². The van der Waals surface area contributed by atoms with Gasteiger partial charge in [0.1, 0.15) is 11.7 Å². The predicted octanol–water partition coefficient (Wildman–Crippen LogP) is 2.80. The Kier molecular flexibility index (Phi) is 4.63. The van der Waals surface area contributed by atoms with Gasteiger partial charge in [-0.2, -0.15) is 0 Å². The molecule has 3 unspecified atom stereocenters. The fourth-order valence-electron chi connectivity index (χ4n) is 2.87. The monoisotopic (exact) mass is 280 g/mol. The first kappa shape index (κ1) is 15.2. The molecule has 20 heavy (non-hydrogen) atoms. The Bertz CT molecular complexity index is 426. The van der Waals surface area contributed by atoms with Gasteiger partial charge in [-0.15, -0.1) is 0 Å². The molecule has 0 aromatic carbocycles. The van der Waals surface area contributed by atoms with Crippen LogP contribution in [0.15, 0.2) is 11.6 Å². The molecule has 1 aliphatic carbocycles. The van der Waals surface area contributed by atoms with Crippen LogP contribution in [0.4, 0.5) is 0 Å². The first-order chi connectivity index (χ1) is 9.46. The minimum atomic E-state index is -0.325. The lowest BCUT2D eigenvalue weighted by Gasteiger charge is -2.16. The van der Waals surface area contributed by atoms with Crippen LogP contribution in [0, 0.1) is 5.92 Å². The van der Waals surface area contributed by atoms with E-state index in [-0.39, 0.29) is 35.8 Å². The zero-order chi connectivity index (χ0) is 14.8. The highest BCUT2D eigenvalue weighted by molar-refractivity contribution is 5.91. The van der Waals surface area contributed by atoms with Crippen molar-refractivity contribution in [2.75, 3.05) is 6.61 Å². The van der Waals surface area contributed by atoms with E-state index in [1.54, 1.807) is 6.92 Å². The zero-order valence-corrected chi connectivity index (χ0v) is 12.6. The summed E-state index contributed by atoms with van der Waals surface area (Å²) in [6.45, 7) is 6.21. The van der Waals surface area contributed by atoms with E-state index in [4.69, 9.17) is 9.47 Å². The summed E-state index contributed by atoms with van der Waals surface area (Å²) in [6, 6.07) is 0. The molecule has 0 N–H and O–H groups in total. The molecule has 0 aromatic heterocycles. The molecule has 1 aliphatic heterocycles. The average Bonchev–Trinajstić information content (AvgIpc) is 3.05. The van der Waals surface area contributed by atoms with Crippen molar-refractivity contribution in [3.63, 3.8) is 0 Å². The molecule has 0 radical (unpaired) electrons. The van der Waals surface area contributed by atoms with Crippen molar-refractivity contribution < 1.29 is 19.1 Å². The van der Waals surface area contributed by atoms with Gasteiger partial charge < -0.3 is 9.47 Å². The van der Waals surface area contributed by atoms with Crippen LogP contribution in [-0.4, -0.2) is 30.1 Å². The molecular formula is C16H24O4. The van der Waals surface area contributed by atoms with Crippen LogP contribution in [0.3, 0.4) is 0 Å². The summed E-state index contributed by atoms with van der Waals surface area (Å²) in [4.78, 5) is 24.2. The van der Waals surface area contributed by atoms with Gasteiger partial charge in [0.25, 0.3) is 0 Å². The van der Waals surface area contributed by atoms with Crippen molar-refractivity contribution in [3.8, 4) is 0 Å². The molecule has 0 saturated carbocycles. The number of Topliss-reactive ketones (excluding diaryl/α,β-unsaturated/α-hetero) is 1. The lowest BCUT2D eigenvalue weighted by Crippen LogP contribution is -2.28. The molecule has 1 fully saturated rings. The standard InChI is InChI=1S/C16H24O4/c1-4-19-13(17)10-12-8-7-11(2)6-5-9-16(3)15(20-16)14(12)18/h6,12,15H,4-5,7-10H2,1-3H3/b11-6+. The van der Waals surface area contributed by atoms with Crippen LogP contribution < -0.4 is 0 Å². The Morgan fingerprint density at radius 1 is 1.55 bits per heavy atom. The molecule has 0 bridgehead atoms. The summed E-state index contributed by atoms with van der Waals surface area (Å²) in [5.74, 6) is -0.482. The fraction of sp³-hybridized carbons (Fsp3) is 0.750. The number of fused-ring (bicyclic) bond motifs is 1. The molecule has 0 aromatic rings. The van der Waals surface area contributed by atoms with Gasteiger partial charge in [-0.05, 0) is 46.5 Å². The Balaban J connectivity index is 2.08. The molecule has 1 heterocycles. The first-order valence-electron chi connectivity index (χ1n) is 7.49. The number of allylic oxidation sites excluding steroid dienone is 2. The predicted molar refractivity (Wildman–Crippen MR) is 75.3 cm³/mol. The van der Waals surface area contributed by atoms with Gasteiger partial charge in [0.2, 0.25) is 0 Å². The fourth-order valence-corrected chi connectivity index (χ4v) is 2.87. The molecule has 2 aliphatic rings. The Morgan fingerprint density at radius 3 is 3.00 bits per heavy atom. The molecule has 112 valence electrons. The highest BCUT2D eigenvalue weighted by Gasteiger charge is 2.57. The summed E-state index contributed by atoms with van der Waals surface area (Å²) in [7, 11) is 0. The van der Waals surface area contributed by atoms with Crippen molar-refractivity contribution in [2.45, 2.75) is 64.6 Å². The molecule has 4 heteroatoms. The lowest BCUT2D eigenvalue weighted by atomic mass is 9.85. The molecule has 0 amide bonds. The molecular weight excluding hydrogens is 256 g/mol. The SMILES string of the molecule is CCOC(=O)CC1CC/C(C)=C/CCC2(C)OC2C1=O. The number of carbonyl (C=O) groups excluding carboxylic acids is 2. The van der Waals surface area contributed by atoms with Crippen molar-refractivity contribution in [1.82, 2.24) is 0 Å². The minimum Gasteiger partial charge on any atom is -0.466 e. The average molecular weight is 280 g/mol. The Morgan fingerprint density at radius 2 is 2.30 bits per heavy atom. The molecule has 1 saturated heterocycles. The number of epoxide rings is 1. The van der Waals surface area contributed by atoms with Crippen LogP contribution in [0.5, 0.6) is 0 Å². The maximum absolute atomic E-state index is 12.5. The van der Waals surface area contributed by atoms with E-state index >= 15 is 0 Å². The van der Waals surface area contributed by atoms with E-state index in [9.17, 15) is 9.59 Å². The Hall–Kier alpha value is -1.16. The van der Waals surface area contributed by atoms with Gasteiger partial charge in [0.15, 0.2) is 5.78 Å². The summed E-state index contributed by atoms with van der Waals surface area (Å²) in [5, 5.41) is 0. The van der Waals surface area contributed by atoms with Crippen LogP contribution in [0.2, 0.25) is 0 Å². The first-order valence-corrected chi connectivity index (χ1v) is 7.49. The second-order valence-electron chi connectivity index (χ2n) is 6.05. The molecule has 2 rings (SSSR count). The quantitative estimate of drug-likeness (QED) is 0.453. The number of hydrogen-bond acceptors (Lipinski definition) is 4. The van der Waals surface area contributed by atoms with Gasteiger partial charge >= 0.3 is 5.97 Å². The van der Waals surface area contributed by atoms with Gasteiger partial charge in [-0.3, -0.25) is 9.59 Å². The summed E-state index contributed by atoms with van der Waals surface area (Å²) >= 11 is 0. The van der Waals surface area contributed by atoms with E-state index in [1.807, 2.05) is 6.92 Å². The van der Waals surface area contributed by atoms with E-state index in [1.165, 1.54) is 5.57 Å². The van der Waals surface area contributed by atoms with Crippen molar-refractivity contribution >= 4 is 11.8 Å². The van der Waals surface area contributed by atoms with Crippen molar-refractivity contribution in [2.24, 2.45) is 5.92 Å². The minimum absolute atomic E-state index is 0.0789. The second kappa shape index (κ2) is 6.08. The zero-order valence-electron chi connectivity index (χ0n) is 12.6. The third-order valence-corrected chi connectivity index (χ3v) is 4.28. The number of ketones is 1.